The molecule has 1 N–H and O–H groups in total. The molecule has 15 heavy (non-hydrogen) atoms. The minimum atomic E-state index is 0.437. The van der Waals surface area contributed by atoms with Crippen LogP contribution in [-0.4, -0.2) is 50.3 Å². The second-order valence-electron chi connectivity index (χ2n) is 5.08. The van der Waals surface area contributed by atoms with Gasteiger partial charge in [0.25, 0.3) is 0 Å². The van der Waals surface area contributed by atoms with E-state index in [1.165, 1.54) is 38.6 Å². The van der Waals surface area contributed by atoms with Crippen molar-refractivity contribution in [3.8, 4) is 0 Å². The Labute approximate surface area is 93.2 Å². The van der Waals surface area contributed by atoms with Crippen LogP contribution in [0, 0.1) is 0 Å². The van der Waals surface area contributed by atoms with Crippen LogP contribution in [0.5, 0.6) is 0 Å². The Morgan fingerprint density at radius 2 is 2.07 bits per heavy atom. The molecule has 1 aliphatic heterocycles. The number of rotatable bonds is 4. The molecule has 3 heteroatoms. The van der Waals surface area contributed by atoms with Crippen LogP contribution in [0.4, 0.5) is 0 Å². The van der Waals surface area contributed by atoms with Gasteiger partial charge in [-0.3, -0.25) is 0 Å². The van der Waals surface area contributed by atoms with Gasteiger partial charge in [0.05, 0.1) is 6.10 Å². The molecule has 2 atom stereocenters. The molecule has 1 aliphatic carbocycles. The van der Waals surface area contributed by atoms with Gasteiger partial charge in [-0.2, -0.15) is 0 Å². The van der Waals surface area contributed by atoms with Gasteiger partial charge < -0.3 is 15.0 Å². The fourth-order valence-corrected chi connectivity index (χ4v) is 2.94. The molecule has 2 aliphatic rings. The fourth-order valence-electron chi connectivity index (χ4n) is 2.94. The maximum atomic E-state index is 5.37. The normalized spacial score (nSPS) is 33.0. The van der Waals surface area contributed by atoms with E-state index in [-0.39, 0.29) is 0 Å². The standard InChI is InChI=1S/C12H24N2O/c1-14(11-5-3-4-6-11)9-10-7-12(15-2)8-13-10/h10-13H,3-9H2,1-2H3. The number of methoxy groups -OCH3 is 1. The SMILES string of the molecule is COC1CNC(CN(C)C2CCCC2)C1. The quantitative estimate of drug-likeness (QED) is 0.759. The molecule has 1 heterocycles. The zero-order chi connectivity index (χ0) is 10.7. The number of hydrogen-bond acceptors (Lipinski definition) is 3. The van der Waals surface area contributed by atoms with Crippen LogP contribution < -0.4 is 5.32 Å². The number of likely N-dealkylation sites (N-methyl/N-ethyl adjacent to an activating group) is 1. The molecule has 0 aromatic heterocycles. The van der Waals surface area contributed by atoms with Crippen molar-refractivity contribution in [1.29, 1.82) is 0 Å². The molecule has 0 bridgehead atoms. The Morgan fingerprint density at radius 3 is 2.67 bits per heavy atom. The minimum Gasteiger partial charge on any atom is -0.380 e. The number of ether oxygens (including phenoxy) is 1. The van der Waals surface area contributed by atoms with Gasteiger partial charge in [-0.05, 0) is 26.3 Å². The molecule has 2 fully saturated rings. The summed E-state index contributed by atoms with van der Waals surface area (Å²) in [6, 6.07) is 1.48. The van der Waals surface area contributed by atoms with Gasteiger partial charge in [0.2, 0.25) is 0 Å². The van der Waals surface area contributed by atoms with Crippen LogP contribution in [0.2, 0.25) is 0 Å². The predicted octanol–water partition coefficient (Wildman–Crippen LogP) is 1.24. The van der Waals surface area contributed by atoms with Crippen LogP contribution in [0.3, 0.4) is 0 Å². The smallest absolute Gasteiger partial charge is 0.0711 e. The first-order valence-electron chi connectivity index (χ1n) is 6.26. The Bertz CT molecular complexity index is 192. The van der Waals surface area contributed by atoms with E-state index in [4.69, 9.17) is 4.74 Å². The lowest BCUT2D eigenvalue weighted by Crippen LogP contribution is -2.39. The van der Waals surface area contributed by atoms with Crippen LogP contribution in [0.25, 0.3) is 0 Å². The van der Waals surface area contributed by atoms with E-state index in [0.717, 1.165) is 12.6 Å². The monoisotopic (exact) mass is 212 g/mol. The molecule has 0 aromatic rings. The van der Waals surface area contributed by atoms with Crippen molar-refractivity contribution < 1.29 is 4.74 Å². The number of nitrogens with one attached hydrogen (secondary N) is 1. The van der Waals surface area contributed by atoms with Gasteiger partial charge in [0, 0.05) is 32.3 Å². The van der Waals surface area contributed by atoms with Crippen molar-refractivity contribution >= 4 is 0 Å². The third-order valence-electron chi connectivity index (χ3n) is 3.97. The molecule has 3 nitrogen and oxygen atoms in total. The zero-order valence-electron chi connectivity index (χ0n) is 10.0. The topological polar surface area (TPSA) is 24.5 Å². The van der Waals surface area contributed by atoms with Gasteiger partial charge in [-0.25, -0.2) is 0 Å². The van der Waals surface area contributed by atoms with Crippen LogP contribution >= 0.6 is 0 Å². The first kappa shape index (κ1) is 11.4. The maximum Gasteiger partial charge on any atom is 0.0711 e. The summed E-state index contributed by atoms with van der Waals surface area (Å²) in [6.07, 6.45) is 7.26. The highest BCUT2D eigenvalue weighted by Gasteiger charge is 2.27. The lowest BCUT2D eigenvalue weighted by molar-refractivity contribution is 0.115. The highest BCUT2D eigenvalue weighted by molar-refractivity contribution is 4.86. The van der Waals surface area contributed by atoms with E-state index in [0.29, 0.717) is 12.1 Å². The summed E-state index contributed by atoms with van der Waals surface area (Å²) in [5.74, 6) is 0. The van der Waals surface area contributed by atoms with Crippen LogP contribution in [0.1, 0.15) is 32.1 Å². The maximum absolute atomic E-state index is 5.37. The molecule has 1 saturated carbocycles. The highest BCUT2D eigenvalue weighted by atomic mass is 16.5. The lowest BCUT2D eigenvalue weighted by atomic mass is 10.1. The van der Waals surface area contributed by atoms with Crippen molar-refractivity contribution in [2.75, 3.05) is 27.2 Å². The summed E-state index contributed by atoms with van der Waals surface area (Å²) < 4.78 is 5.37. The first-order chi connectivity index (χ1) is 7.29. The van der Waals surface area contributed by atoms with E-state index < -0.39 is 0 Å². The molecule has 0 radical (unpaired) electrons. The number of nitrogens with zero attached hydrogens (tertiary/aromatic N) is 1. The molecule has 0 aromatic carbocycles. The summed E-state index contributed by atoms with van der Waals surface area (Å²) in [5, 5.41) is 3.55. The molecule has 0 spiro atoms. The predicted molar refractivity (Wildman–Crippen MR) is 62.1 cm³/mol. The largest absolute Gasteiger partial charge is 0.380 e. The van der Waals surface area contributed by atoms with Gasteiger partial charge in [0.1, 0.15) is 0 Å². The summed E-state index contributed by atoms with van der Waals surface area (Å²) >= 11 is 0. The second kappa shape index (κ2) is 5.28. The Morgan fingerprint density at radius 1 is 1.33 bits per heavy atom. The van der Waals surface area contributed by atoms with E-state index in [1.54, 1.807) is 0 Å². The van der Waals surface area contributed by atoms with Crippen LogP contribution in [-0.2, 0) is 4.74 Å². The number of hydrogen-bond donors (Lipinski definition) is 1. The molecule has 2 unspecified atom stereocenters. The second-order valence-corrected chi connectivity index (χ2v) is 5.08. The summed E-state index contributed by atoms with van der Waals surface area (Å²) in [7, 11) is 4.09. The van der Waals surface area contributed by atoms with Crippen molar-refractivity contribution in [2.45, 2.75) is 50.3 Å². The molecular weight excluding hydrogens is 188 g/mol. The molecule has 0 amide bonds. The van der Waals surface area contributed by atoms with Crippen molar-refractivity contribution in [1.82, 2.24) is 10.2 Å². The van der Waals surface area contributed by atoms with Gasteiger partial charge in [0.15, 0.2) is 0 Å². The molecule has 1 saturated heterocycles. The zero-order valence-corrected chi connectivity index (χ0v) is 10.0. The molecule has 88 valence electrons. The van der Waals surface area contributed by atoms with E-state index in [1.807, 2.05) is 7.11 Å². The van der Waals surface area contributed by atoms with E-state index in [2.05, 4.69) is 17.3 Å². The molecular formula is C12H24N2O. The Hall–Kier alpha value is -0.120. The van der Waals surface area contributed by atoms with E-state index >= 15 is 0 Å². The molecule has 2 rings (SSSR count). The minimum absolute atomic E-state index is 0.437. The summed E-state index contributed by atoms with van der Waals surface area (Å²) in [4.78, 5) is 2.54. The fraction of sp³-hybridized carbons (Fsp3) is 1.00. The van der Waals surface area contributed by atoms with E-state index in [9.17, 15) is 0 Å². The van der Waals surface area contributed by atoms with Crippen molar-refractivity contribution in [3.63, 3.8) is 0 Å². The average Bonchev–Trinajstić information content (AvgIpc) is 2.87. The third kappa shape index (κ3) is 2.92. The first-order valence-corrected chi connectivity index (χ1v) is 6.26. The lowest BCUT2D eigenvalue weighted by Gasteiger charge is -2.27. The highest BCUT2D eigenvalue weighted by Crippen LogP contribution is 2.23. The Kier molecular flexibility index (Phi) is 4.00. The average molecular weight is 212 g/mol. The Balaban J connectivity index is 1.72. The van der Waals surface area contributed by atoms with Gasteiger partial charge >= 0.3 is 0 Å². The van der Waals surface area contributed by atoms with Crippen molar-refractivity contribution in [3.05, 3.63) is 0 Å². The third-order valence-corrected chi connectivity index (χ3v) is 3.97. The summed E-state index contributed by atoms with van der Waals surface area (Å²) in [6.45, 7) is 2.21. The van der Waals surface area contributed by atoms with Crippen LogP contribution in [0.15, 0.2) is 0 Å². The summed E-state index contributed by atoms with van der Waals surface area (Å²) in [5.41, 5.74) is 0. The van der Waals surface area contributed by atoms with Gasteiger partial charge in [-0.1, -0.05) is 12.8 Å². The van der Waals surface area contributed by atoms with Crippen molar-refractivity contribution in [2.24, 2.45) is 0 Å². The van der Waals surface area contributed by atoms with Gasteiger partial charge in [-0.15, -0.1) is 0 Å².